The van der Waals surface area contributed by atoms with Crippen LogP contribution in [0, 0.1) is 0 Å². The lowest BCUT2D eigenvalue weighted by atomic mass is 10.00. The van der Waals surface area contributed by atoms with Gasteiger partial charge in [-0.2, -0.15) is 8.42 Å². The predicted molar refractivity (Wildman–Crippen MR) is 247 cm³/mol. The molecule has 0 aromatic heterocycles. The second-order valence-corrected chi connectivity index (χ2v) is 17.2. The van der Waals surface area contributed by atoms with E-state index in [1.807, 2.05) is 0 Å². The summed E-state index contributed by atoms with van der Waals surface area (Å²) in [7, 11) is -4.61. The van der Waals surface area contributed by atoms with E-state index in [9.17, 15) is 37.9 Å². The van der Waals surface area contributed by atoms with Crippen LogP contribution < -0.4 is 0 Å². The minimum absolute atomic E-state index is 0.134. The second-order valence-electron chi connectivity index (χ2n) is 15.7. The van der Waals surface area contributed by atoms with Crippen molar-refractivity contribution >= 4 is 22.1 Å². The Labute approximate surface area is 373 Å². The number of allylic oxidation sites excluding steroid dienone is 14. The highest BCUT2D eigenvalue weighted by Gasteiger charge is 2.46. The van der Waals surface area contributed by atoms with Crippen molar-refractivity contribution in [1.82, 2.24) is 0 Å². The van der Waals surface area contributed by atoms with E-state index in [-0.39, 0.29) is 19.4 Å². The van der Waals surface area contributed by atoms with Gasteiger partial charge in [0.15, 0.2) is 12.4 Å². The largest absolute Gasteiger partial charge is 0.462 e. The first-order valence-corrected chi connectivity index (χ1v) is 24.8. The lowest BCUT2D eigenvalue weighted by molar-refractivity contribution is -0.297. The average molecular weight is 893 g/mol. The Balaban J connectivity index is 2.48. The number of hydrogen-bond acceptors (Lipinski definition) is 11. The third-order valence-corrected chi connectivity index (χ3v) is 10.7. The molecular weight excluding hydrogens is 813 g/mol. The van der Waals surface area contributed by atoms with Crippen molar-refractivity contribution in [3.05, 3.63) is 85.1 Å². The topological polar surface area (TPSA) is 186 Å². The molecule has 0 spiro atoms. The first kappa shape index (κ1) is 56.8. The van der Waals surface area contributed by atoms with Gasteiger partial charge in [-0.15, -0.1) is 0 Å². The molecule has 0 bridgehead atoms. The third kappa shape index (κ3) is 32.5. The molecule has 1 aliphatic heterocycles. The van der Waals surface area contributed by atoms with Gasteiger partial charge in [-0.25, -0.2) is 0 Å². The van der Waals surface area contributed by atoms with Crippen molar-refractivity contribution in [2.45, 2.75) is 192 Å². The molecule has 13 heteroatoms. The van der Waals surface area contributed by atoms with Gasteiger partial charge in [0.25, 0.3) is 10.1 Å². The number of carbonyl (C=O) groups excluding carboxylic acids is 2. The summed E-state index contributed by atoms with van der Waals surface area (Å²) in [5.41, 5.74) is 0. The number of hydrogen-bond donors (Lipinski definition) is 4. The van der Waals surface area contributed by atoms with Gasteiger partial charge in [-0.3, -0.25) is 14.1 Å². The van der Waals surface area contributed by atoms with E-state index in [0.717, 1.165) is 89.9 Å². The molecule has 0 aliphatic carbocycles. The lowest BCUT2D eigenvalue weighted by Crippen LogP contribution is -2.60. The highest BCUT2D eigenvalue weighted by Crippen LogP contribution is 2.24. The SMILES string of the molecule is CC/C=C/C/C=C/C/C=C/C/C=C/C/C=C/CCCCCC(=O)OC[C@H](CO[C@H]1O[C@H](CS(=O)(=O)O)[C@@H](O)C(O)C1O)OC(=O)CCCCCCC/C=C/C=C/CCCCCC. The molecule has 0 saturated carbocycles. The zero-order valence-electron chi connectivity index (χ0n) is 37.7. The van der Waals surface area contributed by atoms with Crippen molar-refractivity contribution in [3.63, 3.8) is 0 Å². The van der Waals surface area contributed by atoms with Crippen LogP contribution in [-0.4, -0.2) is 96.0 Å². The first-order chi connectivity index (χ1) is 30.0. The van der Waals surface area contributed by atoms with Crippen LogP contribution in [0.2, 0.25) is 0 Å². The number of aliphatic hydroxyl groups is 3. The molecule has 0 radical (unpaired) electrons. The third-order valence-electron chi connectivity index (χ3n) is 9.99. The Bertz CT molecular complexity index is 1460. The molecule has 4 N–H and O–H groups in total. The number of esters is 2. The van der Waals surface area contributed by atoms with Crippen LogP contribution in [0.4, 0.5) is 0 Å². The zero-order valence-corrected chi connectivity index (χ0v) is 38.5. The number of unbranched alkanes of at least 4 members (excludes halogenated alkanes) is 12. The van der Waals surface area contributed by atoms with Gasteiger partial charge in [0, 0.05) is 12.8 Å². The minimum atomic E-state index is -4.61. The van der Waals surface area contributed by atoms with E-state index in [0.29, 0.717) is 12.8 Å². The van der Waals surface area contributed by atoms with Gasteiger partial charge in [0.2, 0.25) is 0 Å². The van der Waals surface area contributed by atoms with Crippen molar-refractivity contribution in [1.29, 1.82) is 0 Å². The Hall–Kier alpha value is -3.17. The summed E-state index contributed by atoms with van der Waals surface area (Å²) >= 11 is 0. The van der Waals surface area contributed by atoms with Crippen molar-refractivity contribution in [2.24, 2.45) is 0 Å². The molecule has 12 nitrogen and oxygen atoms in total. The summed E-state index contributed by atoms with van der Waals surface area (Å²) in [4.78, 5) is 25.4. The summed E-state index contributed by atoms with van der Waals surface area (Å²) in [6.07, 6.45) is 40.5. The Morgan fingerprint density at radius 2 is 1.06 bits per heavy atom. The fourth-order valence-electron chi connectivity index (χ4n) is 6.40. The second kappa shape index (κ2) is 38.3. The predicted octanol–water partition coefficient (Wildman–Crippen LogP) is 9.67. The van der Waals surface area contributed by atoms with E-state index in [2.05, 4.69) is 98.9 Å². The van der Waals surface area contributed by atoms with Crippen LogP contribution in [-0.2, 0) is 38.7 Å². The van der Waals surface area contributed by atoms with Gasteiger partial charge < -0.3 is 34.3 Å². The quantitative estimate of drug-likeness (QED) is 0.0152. The fraction of sp³-hybridized carbons (Fsp3) is 0.673. The number of rotatable bonds is 37. The van der Waals surface area contributed by atoms with Crippen LogP contribution in [0.1, 0.15) is 155 Å². The Morgan fingerprint density at radius 3 is 1.63 bits per heavy atom. The fourth-order valence-corrected chi connectivity index (χ4v) is 7.09. The number of aliphatic hydroxyl groups excluding tert-OH is 3. The van der Waals surface area contributed by atoms with Crippen molar-refractivity contribution in [3.8, 4) is 0 Å². The van der Waals surface area contributed by atoms with Crippen LogP contribution in [0.3, 0.4) is 0 Å². The Morgan fingerprint density at radius 1 is 0.581 bits per heavy atom. The molecule has 354 valence electrons. The zero-order chi connectivity index (χ0) is 45.5. The monoisotopic (exact) mass is 893 g/mol. The summed E-state index contributed by atoms with van der Waals surface area (Å²) in [5, 5.41) is 30.9. The van der Waals surface area contributed by atoms with Crippen LogP contribution in [0.15, 0.2) is 85.1 Å². The molecule has 1 heterocycles. The van der Waals surface area contributed by atoms with E-state index >= 15 is 0 Å². The molecule has 1 rings (SSSR count). The smallest absolute Gasteiger partial charge is 0.306 e. The van der Waals surface area contributed by atoms with E-state index < -0.39 is 71.2 Å². The molecule has 6 atom stereocenters. The summed E-state index contributed by atoms with van der Waals surface area (Å²) in [6.45, 7) is 3.57. The molecule has 0 aromatic rings. The molecule has 1 saturated heterocycles. The first-order valence-electron chi connectivity index (χ1n) is 23.2. The molecule has 62 heavy (non-hydrogen) atoms. The normalized spacial score (nSPS) is 20.6. The van der Waals surface area contributed by atoms with Crippen molar-refractivity contribution in [2.75, 3.05) is 19.0 Å². The van der Waals surface area contributed by atoms with E-state index in [4.69, 9.17) is 18.9 Å². The van der Waals surface area contributed by atoms with Crippen molar-refractivity contribution < 1.29 is 56.8 Å². The van der Waals surface area contributed by atoms with Crippen LogP contribution in [0.5, 0.6) is 0 Å². The highest BCUT2D eigenvalue weighted by atomic mass is 32.2. The minimum Gasteiger partial charge on any atom is -0.462 e. The number of ether oxygens (including phenoxy) is 4. The average Bonchev–Trinajstić information content (AvgIpc) is 3.24. The maximum absolute atomic E-state index is 12.8. The highest BCUT2D eigenvalue weighted by molar-refractivity contribution is 7.85. The maximum Gasteiger partial charge on any atom is 0.306 e. The van der Waals surface area contributed by atoms with Crippen LogP contribution >= 0.6 is 0 Å². The van der Waals surface area contributed by atoms with Crippen LogP contribution in [0.25, 0.3) is 0 Å². The van der Waals surface area contributed by atoms with Gasteiger partial charge in [-0.1, -0.05) is 144 Å². The van der Waals surface area contributed by atoms with Gasteiger partial charge >= 0.3 is 11.9 Å². The van der Waals surface area contributed by atoms with Gasteiger partial charge in [0.05, 0.1) is 6.61 Å². The van der Waals surface area contributed by atoms with Gasteiger partial charge in [0.1, 0.15) is 36.8 Å². The molecule has 1 fully saturated rings. The number of carbonyl (C=O) groups is 2. The molecule has 0 aromatic carbocycles. The molecule has 2 unspecified atom stereocenters. The summed E-state index contributed by atoms with van der Waals surface area (Å²) < 4.78 is 54.0. The lowest BCUT2D eigenvalue weighted by Gasteiger charge is -2.40. The Kier molecular flexibility index (Phi) is 35.1. The van der Waals surface area contributed by atoms with E-state index in [1.54, 1.807) is 0 Å². The van der Waals surface area contributed by atoms with Gasteiger partial charge in [-0.05, 0) is 83.5 Å². The standard InChI is InChI=1S/C49H80O12S/c1-3-5-7-9-11-13-15-17-19-20-21-22-24-25-27-29-31-33-35-37-44(50)58-39-42(40-59-49-48(54)47(53)46(52)43(61-49)41-62(55,56)57)60-45(51)38-36-34-32-30-28-26-23-18-16-14-12-10-8-6-4-2/h5,7,11,13-14,16-19,21-23,25,27,42-43,46-49,52-54H,3-4,6,8-10,12,15,20,24,26,28-41H2,1-2H3,(H,55,56,57)/b7-5+,13-11+,16-14+,19-17+,22-21+,23-18+,27-25+/t42-,43-,46-,47?,48?,49+/m1/s1. The molecular formula is C49H80O12S. The maximum atomic E-state index is 12.8. The summed E-state index contributed by atoms with van der Waals surface area (Å²) in [6, 6.07) is 0. The molecule has 0 amide bonds. The van der Waals surface area contributed by atoms with E-state index in [1.165, 1.54) is 25.7 Å². The summed E-state index contributed by atoms with van der Waals surface area (Å²) in [5.74, 6) is -2.06. The molecule has 1 aliphatic rings.